The molecule has 0 aliphatic carbocycles. The van der Waals surface area contributed by atoms with Crippen LogP contribution in [0.1, 0.15) is 18.9 Å². The molecule has 1 saturated heterocycles. The number of ether oxygens (including phenoxy) is 2. The first-order valence-corrected chi connectivity index (χ1v) is 9.98. The molecule has 0 unspecified atom stereocenters. The Kier molecular flexibility index (Phi) is 6.66. The standard InChI is InChI=1S/C17H26N2O5S/c1-4-25(21,22)19-9-5-8-18(10-11-19)17(20)13-14-6-7-15(23-2)16(12-14)24-3/h6-7,12H,4-5,8-11,13H2,1-3H3. The zero-order chi connectivity index (χ0) is 18.4. The van der Waals surface area contributed by atoms with Gasteiger partial charge in [0, 0.05) is 26.2 Å². The van der Waals surface area contributed by atoms with Crippen molar-refractivity contribution in [2.45, 2.75) is 19.8 Å². The molecule has 8 heteroatoms. The Morgan fingerprint density at radius 1 is 1.08 bits per heavy atom. The third-order valence-corrected chi connectivity index (χ3v) is 6.25. The second-order valence-electron chi connectivity index (χ2n) is 5.90. The number of sulfonamides is 1. The number of methoxy groups -OCH3 is 2. The minimum absolute atomic E-state index is 0.0111. The van der Waals surface area contributed by atoms with E-state index in [9.17, 15) is 13.2 Å². The second-order valence-corrected chi connectivity index (χ2v) is 8.16. The number of carbonyl (C=O) groups excluding carboxylic acids is 1. The second kappa shape index (κ2) is 8.53. The van der Waals surface area contributed by atoms with Crippen molar-refractivity contribution in [3.8, 4) is 11.5 Å². The summed E-state index contributed by atoms with van der Waals surface area (Å²) in [7, 11) is -0.0823. The van der Waals surface area contributed by atoms with E-state index in [4.69, 9.17) is 9.47 Å². The molecule has 1 fully saturated rings. The van der Waals surface area contributed by atoms with Gasteiger partial charge in [0.15, 0.2) is 11.5 Å². The Morgan fingerprint density at radius 3 is 2.44 bits per heavy atom. The molecule has 1 aromatic rings. The number of hydrogen-bond acceptors (Lipinski definition) is 5. The molecular weight excluding hydrogens is 344 g/mol. The van der Waals surface area contributed by atoms with Crippen LogP contribution in [0, 0.1) is 0 Å². The van der Waals surface area contributed by atoms with E-state index < -0.39 is 10.0 Å². The van der Waals surface area contributed by atoms with Crippen LogP contribution >= 0.6 is 0 Å². The lowest BCUT2D eigenvalue weighted by molar-refractivity contribution is -0.130. The number of amides is 1. The summed E-state index contributed by atoms with van der Waals surface area (Å²) in [6.07, 6.45) is 0.901. The van der Waals surface area contributed by atoms with Gasteiger partial charge in [-0.25, -0.2) is 12.7 Å². The van der Waals surface area contributed by atoms with Crippen molar-refractivity contribution in [3.63, 3.8) is 0 Å². The van der Waals surface area contributed by atoms with E-state index in [1.165, 1.54) is 4.31 Å². The van der Waals surface area contributed by atoms with E-state index >= 15 is 0 Å². The molecule has 0 radical (unpaired) electrons. The molecule has 1 heterocycles. The topological polar surface area (TPSA) is 76.2 Å². The van der Waals surface area contributed by atoms with Crippen molar-refractivity contribution < 1.29 is 22.7 Å². The normalized spacial score (nSPS) is 16.4. The van der Waals surface area contributed by atoms with Gasteiger partial charge in [-0.15, -0.1) is 0 Å². The molecule has 25 heavy (non-hydrogen) atoms. The average Bonchev–Trinajstić information content (AvgIpc) is 2.88. The highest BCUT2D eigenvalue weighted by molar-refractivity contribution is 7.89. The summed E-state index contributed by atoms with van der Waals surface area (Å²) >= 11 is 0. The van der Waals surface area contributed by atoms with Gasteiger partial charge in [-0.05, 0) is 31.0 Å². The first kappa shape index (κ1) is 19.5. The van der Waals surface area contributed by atoms with Crippen LogP contribution in [0.4, 0.5) is 0 Å². The van der Waals surface area contributed by atoms with Gasteiger partial charge >= 0.3 is 0 Å². The Labute approximate surface area is 149 Å². The van der Waals surface area contributed by atoms with Gasteiger partial charge in [-0.1, -0.05) is 6.07 Å². The first-order chi connectivity index (χ1) is 11.9. The van der Waals surface area contributed by atoms with E-state index in [0.717, 1.165) is 5.56 Å². The Balaban J connectivity index is 2.02. The summed E-state index contributed by atoms with van der Waals surface area (Å²) in [5.41, 5.74) is 0.838. The molecule has 1 amide bonds. The van der Waals surface area contributed by atoms with E-state index in [0.29, 0.717) is 44.1 Å². The highest BCUT2D eigenvalue weighted by atomic mass is 32.2. The summed E-state index contributed by atoms with van der Waals surface area (Å²) in [5.74, 6) is 1.28. The number of nitrogens with zero attached hydrogens (tertiary/aromatic N) is 2. The minimum atomic E-state index is -3.20. The molecule has 0 spiro atoms. The van der Waals surface area contributed by atoms with Gasteiger partial charge < -0.3 is 14.4 Å². The molecule has 0 saturated carbocycles. The number of carbonyl (C=O) groups is 1. The Bertz CT molecular complexity index is 705. The molecule has 0 N–H and O–H groups in total. The molecule has 1 aromatic carbocycles. The fraction of sp³-hybridized carbons (Fsp3) is 0.588. The van der Waals surface area contributed by atoms with E-state index in [-0.39, 0.29) is 18.1 Å². The summed E-state index contributed by atoms with van der Waals surface area (Å²) in [5, 5.41) is 0. The van der Waals surface area contributed by atoms with Crippen molar-refractivity contribution in [1.82, 2.24) is 9.21 Å². The summed E-state index contributed by atoms with van der Waals surface area (Å²) in [4.78, 5) is 14.3. The fourth-order valence-electron chi connectivity index (χ4n) is 2.88. The monoisotopic (exact) mass is 370 g/mol. The van der Waals surface area contributed by atoms with Crippen molar-refractivity contribution in [2.24, 2.45) is 0 Å². The van der Waals surface area contributed by atoms with Crippen LogP contribution in [-0.4, -0.2) is 69.7 Å². The quantitative estimate of drug-likeness (QED) is 0.750. The molecule has 1 aliphatic rings. The van der Waals surface area contributed by atoms with E-state index in [2.05, 4.69) is 0 Å². The van der Waals surface area contributed by atoms with Crippen LogP contribution in [0.15, 0.2) is 18.2 Å². The highest BCUT2D eigenvalue weighted by Crippen LogP contribution is 2.27. The number of benzene rings is 1. The number of rotatable bonds is 6. The summed E-state index contributed by atoms with van der Waals surface area (Å²) < 4.78 is 36.0. The predicted octanol–water partition coefficient (Wildman–Crippen LogP) is 1.13. The van der Waals surface area contributed by atoms with E-state index in [1.807, 2.05) is 6.07 Å². The fourth-order valence-corrected chi connectivity index (χ4v) is 4.01. The summed E-state index contributed by atoms with van der Waals surface area (Å²) in [6, 6.07) is 5.41. The van der Waals surface area contributed by atoms with Gasteiger partial charge in [0.1, 0.15) is 0 Å². The molecule has 2 rings (SSSR count). The molecule has 140 valence electrons. The lowest BCUT2D eigenvalue weighted by Gasteiger charge is -2.22. The summed E-state index contributed by atoms with van der Waals surface area (Å²) in [6.45, 7) is 3.46. The van der Waals surface area contributed by atoms with Crippen LogP contribution < -0.4 is 9.47 Å². The predicted molar refractivity (Wildman–Crippen MR) is 95.5 cm³/mol. The van der Waals surface area contributed by atoms with Gasteiger partial charge in [0.05, 0.1) is 26.4 Å². The van der Waals surface area contributed by atoms with Crippen molar-refractivity contribution in [2.75, 3.05) is 46.2 Å². The molecule has 0 bridgehead atoms. The Morgan fingerprint density at radius 2 is 1.80 bits per heavy atom. The smallest absolute Gasteiger partial charge is 0.227 e. The van der Waals surface area contributed by atoms with Crippen molar-refractivity contribution >= 4 is 15.9 Å². The third kappa shape index (κ3) is 4.85. The molecule has 1 aliphatic heterocycles. The van der Waals surface area contributed by atoms with Crippen LogP contribution in [0.3, 0.4) is 0 Å². The molecular formula is C17H26N2O5S. The number of hydrogen-bond donors (Lipinski definition) is 0. The van der Waals surface area contributed by atoms with E-state index in [1.54, 1.807) is 38.2 Å². The first-order valence-electron chi connectivity index (χ1n) is 8.37. The molecule has 7 nitrogen and oxygen atoms in total. The van der Waals surface area contributed by atoms with Gasteiger partial charge in [0.2, 0.25) is 15.9 Å². The largest absolute Gasteiger partial charge is 0.493 e. The zero-order valence-corrected chi connectivity index (χ0v) is 15.8. The van der Waals surface area contributed by atoms with Crippen LogP contribution in [-0.2, 0) is 21.2 Å². The zero-order valence-electron chi connectivity index (χ0n) is 15.0. The van der Waals surface area contributed by atoms with Gasteiger partial charge in [0.25, 0.3) is 0 Å². The lowest BCUT2D eigenvalue weighted by Crippen LogP contribution is -2.38. The van der Waals surface area contributed by atoms with Crippen LogP contribution in [0.2, 0.25) is 0 Å². The SMILES string of the molecule is CCS(=O)(=O)N1CCCN(C(=O)Cc2ccc(OC)c(OC)c2)CC1. The maximum absolute atomic E-state index is 12.6. The van der Waals surface area contributed by atoms with Gasteiger partial charge in [-0.2, -0.15) is 0 Å². The molecule has 0 atom stereocenters. The van der Waals surface area contributed by atoms with Crippen molar-refractivity contribution in [3.05, 3.63) is 23.8 Å². The van der Waals surface area contributed by atoms with Crippen molar-refractivity contribution in [1.29, 1.82) is 0 Å². The third-order valence-electron chi connectivity index (χ3n) is 4.37. The highest BCUT2D eigenvalue weighted by Gasteiger charge is 2.25. The van der Waals surface area contributed by atoms with Gasteiger partial charge in [-0.3, -0.25) is 4.79 Å². The minimum Gasteiger partial charge on any atom is -0.493 e. The molecule has 0 aromatic heterocycles. The Hall–Kier alpha value is -1.80. The maximum Gasteiger partial charge on any atom is 0.227 e. The average molecular weight is 370 g/mol. The van der Waals surface area contributed by atoms with Crippen LogP contribution in [0.25, 0.3) is 0 Å². The lowest BCUT2D eigenvalue weighted by atomic mass is 10.1. The van der Waals surface area contributed by atoms with Crippen LogP contribution in [0.5, 0.6) is 11.5 Å². The maximum atomic E-state index is 12.6.